The summed E-state index contributed by atoms with van der Waals surface area (Å²) in [6.07, 6.45) is 1.59. The van der Waals surface area contributed by atoms with E-state index in [4.69, 9.17) is 17.0 Å². The Kier molecular flexibility index (Phi) is 5.64. The Morgan fingerprint density at radius 2 is 1.97 bits per heavy atom. The quantitative estimate of drug-likeness (QED) is 0.654. The molecule has 11 heteroatoms. The summed E-state index contributed by atoms with van der Waals surface area (Å²) in [6, 6.07) is 7.59. The highest BCUT2D eigenvalue weighted by atomic mass is 35.5. The summed E-state index contributed by atoms with van der Waals surface area (Å²) in [5.41, 5.74) is 4.44. The van der Waals surface area contributed by atoms with Gasteiger partial charge in [-0.1, -0.05) is 24.6 Å². The van der Waals surface area contributed by atoms with Crippen LogP contribution in [0.25, 0.3) is 11.8 Å². The number of carbonyl (C=O) groups excluding carboxylic acids is 1. The van der Waals surface area contributed by atoms with Crippen molar-refractivity contribution in [2.75, 3.05) is 5.75 Å². The van der Waals surface area contributed by atoms with Crippen molar-refractivity contribution in [2.24, 2.45) is 10.1 Å². The molecule has 2 aliphatic rings. The number of amidine groups is 2. The number of hydrogen-bond donors (Lipinski definition) is 1. The van der Waals surface area contributed by atoms with Crippen LogP contribution in [0.1, 0.15) is 29.4 Å². The number of nitrogens with one attached hydrogen (secondary N) is 1. The fraction of sp³-hybridized carbons (Fsp3) is 0.238. The minimum absolute atomic E-state index is 0.0383. The lowest BCUT2D eigenvalue weighted by atomic mass is 10.1. The number of amides is 1. The standard InChI is InChI=1S/C21H20ClN5O3S2/c1-5-32(29,30)21-25-27-18(23)15(19(28)24-20(27)31-21)10-14-9-11(2)26(13(14)4)17-8-6-7-16(22)12(17)3/h6-10,23H,5H2,1-4H3/b15-10-,23-18?. The SMILES string of the molecule is CCS(=O)(=O)C1=NN2C(=N)/C(=C/c3cc(C)n(-c4cccc(Cl)c4C)c3C)C(=O)N=C2S1. The first-order valence-electron chi connectivity index (χ1n) is 9.72. The molecule has 0 spiro atoms. The second-order valence-corrected chi connectivity index (χ2v) is 11.2. The number of thioether (sulfide) groups is 1. The highest BCUT2D eigenvalue weighted by Crippen LogP contribution is 2.32. The molecule has 32 heavy (non-hydrogen) atoms. The third kappa shape index (κ3) is 3.62. The van der Waals surface area contributed by atoms with Crippen LogP contribution in [0, 0.1) is 26.2 Å². The highest BCUT2D eigenvalue weighted by molar-refractivity contribution is 8.42. The van der Waals surface area contributed by atoms with Gasteiger partial charge in [-0.2, -0.15) is 10.0 Å². The summed E-state index contributed by atoms with van der Waals surface area (Å²) < 4.78 is 26.2. The van der Waals surface area contributed by atoms with Crippen molar-refractivity contribution in [3.8, 4) is 5.69 Å². The van der Waals surface area contributed by atoms with Crippen LogP contribution in [0.5, 0.6) is 0 Å². The van der Waals surface area contributed by atoms with E-state index in [0.29, 0.717) is 5.02 Å². The van der Waals surface area contributed by atoms with E-state index in [9.17, 15) is 13.2 Å². The van der Waals surface area contributed by atoms with E-state index in [0.717, 1.165) is 45.0 Å². The maximum absolute atomic E-state index is 12.7. The molecule has 166 valence electrons. The topological polar surface area (TPSA) is 108 Å². The predicted octanol–water partition coefficient (Wildman–Crippen LogP) is 4.07. The Morgan fingerprint density at radius 3 is 2.66 bits per heavy atom. The molecule has 8 nitrogen and oxygen atoms in total. The molecule has 1 N–H and O–H groups in total. The van der Waals surface area contributed by atoms with E-state index in [1.807, 2.05) is 49.6 Å². The Hall–Kier alpha value is -2.69. The molecule has 3 heterocycles. The van der Waals surface area contributed by atoms with Crippen LogP contribution in [0.2, 0.25) is 5.02 Å². The van der Waals surface area contributed by atoms with Crippen molar-refractivity contribution >= 4 is 60.6 Å². The number of hydrazone groups is 1. The zero-order chi connectivity index (χ0) is 23.4. The number of benzene rings is 1. The zero-order valence-electron chi connectivity index (χ0n) is 17.8. The van der Waals surface area contributed by atoms with Crippen LogP contribution in [-0.2, 0) is 14.6 Å². The summed E-state index contributed by atoms with van der Waals surface area (Å²) in [7, 11) is -3.57. The molecule has 1 amide bonds. The summed E-state index contributed by atoms with van der Waals surface area (Å²) in [5.74, 6) is -0.945. The van der Waals surface area contributed by atoms with Gasteiger partial charge in [0.1, 0.15) is 0 Å². The molecule has 0 unspecified atom stereocenters. The smallest absolute Gasteiger partial charge is 0.283 e. The van der Waals surface area contributed by atoms with E-state index >= 15 is 0 Å². The molecule has 0 saturated carbocycles. The van der Waals surface area contributed by atoms with Gasteiger partial charge < -0.3 is 4.57 Å². The summed E-state index contributed by atoms with van der Waals surface area (Å²) >= 11 is 7.08. The minimum Gasteiger partial charge on any atom is -0.318 e. The number of fused-ring (bicyclic) bond motifs is 1. The number of sulfone groups is 1. The van der Waals surface area contributed by atoms with Gasteiger partial charge in [0.05, 0.1) is 11.3 Å². The molecule has 2 aliphatic heterocycles. The lowest BCUT2D eigenvalue weighted by Crippen LogP contribution is -2.35. The van der Waals surface area contributed by atoms with Crippen molar-refractivity contribution in [1.82, 2.24) is 9.58 Å². The highest BCUT2D eigenvalue weighted by Gasteiger charge is 2.39. The first kappa shape index (κ1) is 22.5. The normalized spacial score (nSPS) is 17.7. The Labute approximate surface area is 195 Å². The number of aryl methyl sites for hydroxylation is 1. The second kappa shape index (κ2) is 8.02. The number of rotatable bonds is 3. The van der Waals surface area contributed by atoms with Crippen LogP contribution >= 0.6 is 23.4 Å². The van der Waals surface area contributed by atoms with Crippen molar-refractivity contribution in [2.45, 2.75) is 27.7 Å². The van der Waals surface area contributed by atoms with Crippen LogP contribution < -0.4 is 0 Å². The van der Waals surface area contributed by atoms with Gasteiger partial charge in [0.15, 0.2) is 5.84 Å². The van der Waals surface area contributed by atoms with E-state index < -0.39 is 15.7 Å². The Morgan fingerprint density at radius 1 is 1.25 bits per heavy atom. The molecule has 0 saturated heterocycles. The second-order valence-electron chi connectivity index (χ2n) is 7.34. The third-order valence-corrected chi connectivity index (χ3v) is 8.83. The Bertz CT molecular complexity index is 1390. The van der Waals surface area contributed by atoms with Gasteiger partial charge in [-0.15, -0.1) is 5.10 Å². The van der Waals surface area contributed by atoms with Gasteiger partial charge in [0.25, 0.3) is 5.91 Å². The summed E-state index contributed by atoms with van der Waals surface area (Å²) in [4.78, 5) is 16.7. The summed E-state index contributed by atoms with van der Waals surface area (Å²) in [6.45, 7) is 7.32. The van der Waals surface area contributed by atoms with Gasteiger partial charge in [-0.3, -0.25) is 10.2 Å². The number of carbonyl (C=O) groups is 1. The van der Waals surface area contributed by atoms with Crippen molar-refractivity contribution < 1.29 is 13.2 Å². The molecule has 1 aromatic heterocycles. The van der Waals surface area contributed by atoms with Crippen LogP contribution in [0.4, 0.5) is 0 Å². The van der Waals surface area contributed by atoms with Crippen molar-refractivity contribution in [3.63, 3.8) is 0 Å². The minimum atomic E-state index is -3.57. The average molecular weight is 490 g/mol. The van der Waals surface area contributed by atoms with Crippen LogP contribution in [0.15, 0.2) is 39.9 Å². The molecule has 0 fully saturated rings. The number of aliphatic imine (C=N–C) groups is 1. The number of nitrogens with zero attached hydrogens (tertiary/aromatic N) is 4. The van der Waals surface area contributed by atoms with Gasteiger partial charge in [-0.05, 0) is 67.9 Å². The van der Waals surface area contributed by atoms with Gasteiger partial charge in [0.2, 0.25) is 19.4 Å². The maximum atomic E-state index is 12.7. The average Bonchev–Trinajstić information content (AvgIpc) is 3.29. The molecule has 1 aromatic carbocycles. The Balaban J connectivity index is 1.77. The van der Waals surface area contributed by atoms with Gasteiger partial charge >= 0.3 is 0 Å². The molecular weight excluding hydrogens is 470 g/mol. The molecule has 0 aliphatic carbocycles. The maximum Gasteiger partial charge on any atom is 0.283 e. The van der Waals surface area contributed by atoms with Gasteiger partial charge in [-0.25, -0.2) is 8.42 Å². The van der Waals surface area contributed by atoms with Gasteiger partial charge in [0, 0.05) is 22.1 Å². The molecular formula is C21H20ClN5O3S2. The fourth-order valence-electron chi connectivity index (χ4n) is 3.52. The molecule has 0 radical (unpaired) electrons. The molecule has 2 aromatic rings. The lowest BCUT2D eigenvalue weighted by Gasteiger charge is -2.20. The third-order valence-electron chi connectivity index (χ3n) is 5.33. The van der Waals surface area contributed by atoms with E-state index in [-0.39, 0.29) is 26.7 Å². The largest absolute Gasteiger partial charge is 0.318 e. The van der Waals surface area contributed by atoms with Crippen molar-refractivity contribution in [1.29, 1.82) is 5.41 Å². The first-order chi connectivity index (χ1) is 15.0. The molecule has 0 atom stereocenters. The number of aromatic nitrogens is 1. The van der Waals surface area contributed by atoms with Crippen molar-refractivity contribution in [3.05, 3.63) is 57.4 Å². The first-order valence-corrected chi connectivity index (χ1v) is 12.6. The van der Waals surface area contributed by atoms with Crippen LogP contribution in [-0.4, -0.2) is 45.0 Å². The summed E-state index contributed by atoms with van der Waals surface area (Å²) in [5, 5.41) is 14.3. The molecule has 0 bridgehead atoms. The number of hydrogen-bond acceptors (Lipinski definition) is 6. The van der Waals surface area contributed by atoms with E-state index in [2.05, 4.69) is 10.1 Å². The van der Waals surface area contributed by atoms with E-state index in [1.54, 1.807) is 6.08 Å². The predicted molar refractivity (Wildman–Crippen MR) is 129 cm³/mol. The molecule has 4 rings (SSSR count). The lowest BCUT2D eigenvalue weighted by molar-refractivity contribution is -0.114. The fourth-order valence-corrected chi connectivity index (χ4v) is 5.86. The zero-order valence-corrected chi connectivity index (χ0v) is 20.2. The van der Waals surface area contributed by atoms with E-state index in [1.165, 1.54) is 6.92 Å². The monoisotopic (exact) mass is 489 g/mol. The van der Waals surface area contributed by atoms with Crippen LogP contribution in [0.3, 0.4) is 0 Å². The number of halogens is 1.